The minimum absolute atomic E-state index is 0.161. The van der Waals surface area contributed by atoms with Crippen LogP contribution in [0, 0.1) is 0 Å². The third kappa shape index (κ3) is 7.49. The summed E-state index contributed by atoms with van der Waals surface area (Å²) in [6.07, 6.45) is -21.5. The molecule has 10 N–H and O–H groups in total. The first kappa shape index (κ1) is 32.6. The molecule has 0 saturated carbocycles. The number of aliphatic hydroxyl groups is 10. The van der Waals surface area contributed by atoms with E-state index in [0.717, 1.165) is 0 Å². The fourth-order valence-corrected chi connectivity index (χ4v) is 4.57. The first-order valence-electron chi connectivity index (χ1n) is 12.7. The van der Waals surface area contributed by atoms with Crippen molar-refractivity contribution in [3.05, 3.63) is 12.7 Å². The van der Waals surface area contributed by atoms with Gasteiger partial charge in [-0.15, -0.1) is 6.58 Å². The van der Waals surface area contributed by atoms with Crippen molar-refractivity contribution in [1.29, 1.82) is 0 Å². The second-order valence-corrected chi connectivity index (χ2v) is 9.66. The van der Waals surface area contributed by atoms with Crippen molar-refractivity contribution in [2.24, 2.45) is 0 Å². The van der Waals surface area contributed by atoms with Crippen molar-refractivity contribution in [2.45, 2.75) is 105 Å². The molecule has 0 radical (unpaired) electrons. The Hall–Kier alpha value is -0.900. The predicted molar refractivity (Wildman–Crippen MR) is 124 cm³/mol. The summed E-state index contributed by atoms with van der Waals surface area (Å²) >= 11 is 0. The SMILES string of the molecule is C=CCCCOC[C@H]1O[C@H](O[C@H]2[C@H](O)[C@@H](O)[C@@H](O[C@H]3[C@H](O)[C@@H](O)C(O)O[C@@H]3CO)O[C@@H]2CO)[C@H](O)[C@@H](O)[C@@H]1O. The zero-order chi connectivity index (χ0) is 28.9. The first-order chi connectivity index (χ1) is 18.5. The molecule has 3 heterocycles. The highest BCUT2D eigenvalue weighted by molar-refractivity contribution is 4.96. The molecule has 39 heavy (non-hydrogen) atoms. The highest BCUT2D eigenvalue weighted by Crippen LogP contribution is 2.32. The molecule has 0 aliphatic carbocycles. The van der Waals surface area contributed by atoms with Crippen LogP contribution in [0.4, 0.5) is 0 Å². The van der Waals surface area contributed by atoms with Gasteiger partial charge in [-0.25, -0.2) is 0 Å². The van der Waals surface area contributed by atoms with E-state index in [1.807, 2.05) is 0 Å². The molecule has 3 aliphatic heterocycles. The van der Waals surface area contributed by atoms with Crippen LogP contribution in [0.2, 0.25) is 0 Å². The maximum Gasteiger partial charge on any atom is 0.187 e. The number of allylic oxidation sites excluding steroid dienone is 1. The Morgan fingerprint density at radius 2 is 1.13 bits per heavy atom. The summed E-state index contributed by atoms with van der Waals surface area (Å²) in [6.45, 7) is 2.20. The summed E-state index contributed by atoms with van der Waals surface area (Å²) in [4.78, 5) is 0. The van der Waals surface area contributed by atoms with E-state index in [4.69, 9.17) is 28.4 Å². The van der Waals surface area contributed by atoms with Crippen LogP contribution >= 0.6 is 0 Å². The van der Waals surface area contributed by atoms with Crippen LogP contribution < -0.4 is 0 Å². The van der Waals surface area contributed by atoms with E-state index < -0.39 is 105 Å². The molecule has 1 unspecified atom stereocenters. The number of unbranched alkanes of at least 4 members (excludes halogenated alkanes) is 1. The minimum atomic E-state index is -1.89. The van der Waals surface area contributed by atoms with Gasteiger partial charge in [-0.2, -0.15) is 0 Å². The summed E-state index contributed by atoms with van der Waals surface area (Å²) in [5, 5.41) is 102. The molecule has 16 heteroatoms. The summed E-state index contributed by atoms with van der Waals surface area (Å²) in [6, 6.07) is 0. The highest BCUT2D eigenvalue weighted by Gasteiger charge is 2.53. The Balaban J connectivity index is 1.66. The van der Waals surface area contributed by atoms with Crippen LogP contribution in [0.15, 0.2) is 12.7 Å². The number of hydrogen-bond donors (Lipinski definition) is 10. The van der Waals surface area contributed by atoms with Gasteiger partial charge in [0, 0.05) is 6.61 Å². The lowest BCUT2D eigenvalue weighted by Gasteiger charge is -2.47. The molecule has 3 fully saturated rings. The van der Waals surface area contributed by atoms with Gasteiger partial charge in [0.2, 0.25) is 0 Å². The molecule has 3 rings (SSSR count). The molecule has 16 nitrogen and oxygen atoms in total. The average molecular weight is 573 g/mol. The number of rotatable bonds is 12. The monoisotopic (exact) mass is 572 g/mol. The fourth-order valence-electron chi connectivity index (χ4n) is 4.57. The second kappa shape index (κ2) is 14.8. The van der Waals surface area contributed by atoms with E-state index in [2.05, 4.69) is 6.58 Å². The summed E-state index contributed by atoms with van der Waals surface area (Å²) in [7, 11) is 0. The van der Waals surface area contributed by atoms with Gasteiger partial charge in [-0.05, 0) is 12.8 Å². The van der Waals surface area contributed by atoms with Crippen molar-refractivity contribution in [3.8, 4) is 0 Å². The molecule has 0 aromatic heterocycles. The minimum Gasteiger partial charge on any atom is -0.394 e. The third-order valence-electron chi connectivity index (χ3n) is 6.89. The van der Waals surface area contributed by atoms with Crippen molar-refractivity contribution in [2.75, 3.05) is 26.4 Å². The Labute approximate surface area is 224 Å². The molecule has 0 spiro atoms. The molecule has 0 aromatic rings. The van der Waals surface area contributed by atoms with Crippen molar-refractivity contribution in [3.63, 3.8) is 0 Å². The number of ether oxygens (including phenoxy) is 6. The number of aliphatic hydroxyl groups excluding tert-OH is 10. The van der Waals surface area contributed by atoms with E-state index >= 15 is 0 Å². The van der Waals surface area contributed by atoms with Crippen LogP contribution in [0.1, 0.15) is 12.8 Å². The Kier molecular flexibility index (Phi) is 12.4. The standard InChI is InChI=1S/C23H40O16/c1-2-3-4-5-34-8-11-12(26)13(27)17(31)22(37-11)39-20-10(7-25)36-23(18(32)15(20)29)38-19-9(6-24)35-21(33)16(30)14(19)28/h2,9-33H,1,3-8H2/t9-,10-,11-,12-,13+,14-,15-,16-,17-,18-,19-,20-,21?,22-,23-/m1/s1. The van der Waals surface area contributed by atoms with E-state index in [-0.39, 0.29) is 6.61 Å². The van der Waals surface area contributed by atoms with Crippen LogP contribution in [0.3, 0.4) is 0 Å². The Morgan fingerprint density at radius 1 is 0.615 bits per heavy atom. The summed E-state index contributed by atoms with van der Waals surface area (Å²) < 4.78 is 32.6. The highest BCUT2D eigenvalue weighted by atomic mass is 16.8. The smallest absolute Gasteiger partial charge is 0.187 e. The molecule has 3 saturated heterocycles. The molecule has 15 atom stereocenters. The van der Waals surface area contributed by atoms with Gasteiger partial charge >= 0.3 is 0 Å². The topological polar surface area (TPSA) is 258 Å². The Bertz CT molecular complexity index is 741. The van der Waals surface area contributed by atoms with E-state index in [0.29, 0.717) is 19.4 Å². The molecular formula is C23H40O16. The lowest BCUT2D eigenvalue weighted by Crippen LogP contribution is -2.66. The van der Waals surface area contributed by atoms with E-state index in [9.17, 15) is 51.1 Å². The van der Waals surface area contributed by atoms with Gasteiger partial charge < -0.3 is 79.5 Å². The second-order valence-electron chi connectivity index (χ2n) is 9.66. The van der Waals surface area contributed by atoms with Crippen molar-refractivity contribution < 1.29 is 79.5 Å². The quantitative estimate of drug-likeness (QED) is 0.0772. The predicted octanol–water partition coefficient (Wildman–Crippen LogP) is -5.58. The van der Waals surface area contributed by atoms with Gasteiger partial charge in [0.05, 0.1) is 19.8 Å². The normalized spacial score (nSPS) is 47.2. The molecular weight excluding hydrogens is 532 g/mol. The van der Waals surface area contributed by atoms with Gasteiger partial charge in [-0.1, -0.05) is 6.08 Å². The van der Waals surface area contributed by atoms with Crippen LogP contribution in [-0.2, 0) is 28.4 Å². The van der Waals surface area contributed by atoms with Crippen molar-refractivity contribution in [1.82, 2.24) is 0 Å². The zero-order valence-electron chi connectivity index (χ0n) is 21.1. The molecule has 3 aliphatic rings. The number of hydrogen-bond acceptors (Lipinski definition) is 16. The first-order valence-corrected chi connectivity index (χ1v) is 12.7. The average Bonchev–Trinajstić information content (AvgIpc) is 2.93. The van der Waals surface area contributed by atoms with Crippen LogP contribution in [-0.4, -0.2) is 170 Å². The van der Waals surface area contributed by atoms with Gasteiger partial charge in [0.15, 0.2) is 18.9 Å². The van der Waals surface area contributed by atoms with Gasteiger partial charge in [-0.3, -0.25) is 0 Å². The Morgan fingerprint density at radius 3 is 1.69 bits per heavy atom. The lowest BCUT2D eigenvalue weighted by atomic mass is 9.96. The molecule has 0 aromatic carbocycles. The zero-order valence-corrected chi connectivity index (χ0v) is 21.1. The van der Waals surface area contributed by atoms with Gasteiger partial charge in [0.1, 0.15) is 73.2 Å². The lowest BCUT2D eigenvalue weighted by molar-refractivity contribution is -0.378. The summed E-state index contributed by atoms with van der Waals surface area (Å²) in [5.41, 5.74) is 0. The largest absolute Gasteiger partial charge is 0.394 e. The fraction of sp³-hybridized carbons (Fsp3) is 0.913. The van der Waals surface area contributed by atoms with Crippen LogP contribution in [0.25, 0.3) is 0 Å². The molecule has 0 bridgehead atoms. The third-order valence-corrected chi connectivity index (χ3v) is 6.89. The van der Waals surface area contributed by atoms with Crippen molar-refractivity contribution >= 4 is 0 Å². The molecule has 228 valence electrons. The van der Waals surface area contributed by atoms with Crippen LogP contribution in [0.5, 0.6) is 0 Å². The summed E-state index contributed by atoms with van der Waals surface area (Å²) in [5.74, 6) is 0. The van der Waals surface area contributed by atoms with Gasteiger partial charge in [0.25, 0.3) is 0 Å². The maximum atomic E-state index is 10.8. The van der Waals surface area contributed by atoms with E-state index in [1.54, 1.807) is 6.08 Å². The maximum absolute atomic E-state index is 10.8. The van der Waals surface area contributed by atoms with E-state index in [1.165, 1.54) is 0 Å². The molecule has 0 amide bonds.